The first-order valence-electron chi connectivity index (χ1n) is 9.42. The molecule has 0 radical (unpaired) electrons. The lowest BCUT2D eigenvalue weighted by Crippen LogP contribution is -2.50. The first-order chi connectivity index (χ1) is 13.4. The van der Waals surface area contributed by atoms with Crippen LogP contribution in [0, 0.1) is 0 Å². The van der Waals surface area contributed by atoms with E-state index in [1.54, 1.807) is 24.0 Å². The highest BCUT2D eigenvalue weighted by molar-refractivity contribution is 9.10. The number of carbonyl (C=O) groups excluding carboxylic acids is 2. The monoisotopic (exact) mass is 446 g/mol. The highest BCUT2D eigenvalue weighted by atomic mass is 79.9. The van der Waals surface area contributed by atoms with Crippen molar-refractivity contribution >= 4 is 27.7 Å². The van der Waals surface area contributed by atoms with Crippen LogP contribution in [0.2, 0.25) is 0 Å². The van der Waals surface area contributed by atoms with Gasteiger partial charge in [0.1, 0.15) is 11.8 Å². The van der Waals surface area contributed by atoms with Gasteiger partial charge in [-0.2, -0.15) is 0 Å². The van der Waals surface area contributed by atoms with Crippen LogP contribution in [0.25, 0.3) is 0 Å². The maximum Gasteiger partial charge on any atom is 0.261 e. The highest BCUT2D eigenvalue weighted by Crippen LogP contribution is 2.15. The van der Waals surface area contributed by atoms with Gasteiger partial charge in [0.25, 0.3) is 5.91 Å². The normalized spacial score (nSPS) is 12.7. The summed E-state index contributed by atoms with van der Waals surface area (Å²) in [6, 6.07) is 16.3. The van der Waals surface area contributed by atoms with E-state index in [1.165, 1.54) is 0 Å². The number of carbonyl (C=O) groups is 2. The molecule has 0 aromatic heterocycles. The van der Waals surface area contributed by atoms with Crippen molar-refractivity contribution in [2.45, 2.75) is 45.8 Å². The van der Waals surface area contributed by atoms with Crippen molar-refractivity contribution in [2.75, 3.05) is 6.61 Å². The third kappa shape index (κ3) is 6.68. The molecule has 6 heteroatoms. The smallest absolute Gasteiger partial charge is 0.261 e. The molecule has 0 fully saturated rings. The minimum atomic E-state index is -0.607. The number of benzene rings is 2. The number of hydrogen-bond acceptors (Lipinski definition) is 3. The average Bonchev–Trinajstić information content (AvgIpc) is 2.71. The third-order valence-corrected chi connectivity index (χ3v) is 5.07. The molecule has 1 N–H and O–H groups in total. The van der Waals surface area contributed by atoms with Crippen LogP contribution in [0.3, 0.4) is 0 Å². The van der Waals surface area contributed by atoms with Crippen molar-refractivity contribution in [1.82, 2.24) is 10.2 Å². The minimum Gasteiger partial charge on any atom is -0.484 e. The lowest BCUT2D eigenvalue weighted by atomic mass is 10.1. The topological polar surface area (TPSA) is 58.6 Å². The van der Waals surface area contributed by atoms with E-state index in [4.69, 9.17) is 4.74 Å². The van der Waals surface area contributed by atoms with E-state index in [-0.39, 0.29) is 24.5 Å². The van der Waals surface area contributed by atoms with Gasteiger partial charge in [-0.05, 0) is 50.1 Å². The van der Waals surface area contributed by atoms with Crippen LogP contribution < -0.4 is 10.1 Å². The van der Waals surface area contributed by atoms with Crippen LogP contribution >= 0.6 is 15.9 Å². The fourth-order valence-corrected chi connectivity index (χ4v) is 2.84. The van der Waals surface area contributed by atoms with Crippen molar-refractivity contribution in [3.8, 4) is 5.75 Å². The van der Waals surface area contributed by atoms with Crippen molar-refractivity contribution in [1.29, 1.82) is 0 Å². The summed E-state index contributed by atoms with van der Waals surface area (Å²) < 4.78 is 6.57. The second kappa shape index (κ2) is 10.9. The number of ether oxygens (including phenoxy) is 1. The van der Waals surface area contributed by atoms with Crippen molar-refractivity contribution in [3.05, 3.63) is 64.6 Å². The van der Waals surface area contributed by atoms with E-state index >= 15 is 0 Å². The van der Waals surface area contributed by atoms with Crippen molar-refractivity contribution in [2.24, 2.45) is 0 Å². The SMILES string of the molecule is CC[C@@H](C)NC(=O)[C@H](C)N(Cc1ccc(Br)cc1)C(=O)COc1ccccc1. The summed E-state index contributed by atoms with van der Waals surface area (Å²) in [5.74, 6) is 0.217. The van der Waals surface area contributed by atoms with Crippen LogP contribution in [0.1, 0.15) is 32.8 Å². The van der Waals surface area contributed by atoms with E-state index < -0.39 is 6.04 Å². The Morgan fingerprint density at radius 3 is 2.32 bits per heavy atom. The van der Waals surface area contributed by atoms with Crippen LogP contribution in [0.15, 0.2) is 59.1 Å². The summed E-state index contributed by atoms with van der Waals surface area (Å²) in [4.78, 5) is 27.1. The molecule has 2 atom stereocenters. The van der Waals surface area contributed by atoms with Gasteiger partial charge in [0.15, 0.2) is 6.61 Å². The average molecular weight is 447 g/mol. The summed E-state index contributed by atoms with van der Waals surface area (Å²) in [5.41, 5.74) is 0.944. The molecule has 2 aromatic carbocycles. The molecule has 0 saturated heterocycles. The van der Waals surface area contributed by atoms with Gasteiger partial charge >= 0.3 is 0 Å². The lowest BCUT2D eigenvalue weighted by molar-refractivity contribution is -0.142. The summed E-state index contributed by atoms with van der Waals surface area (Å²) in [7, 11) is 0. The highest BCUT2D eigenvalue weighted by Gasteiger charge is 2.27. The van der Waals surface area contributed by atoms with Gasteiger partial charge < -0.3 is 15.0 Å². The fourth-order valence-electron chi connectivity index (χ4n) is 2.58. The molecule has 0 unspecified atom stereocenters. The van der Waals surface area contributed by atoms with Gasteiger partial charge in [0.05, 0.1) is 0 Å². The van der Waals surface area contributed by atoms with E-state index in [0.717, 1.165) is 16.5 Å². The van der Waals surface area contributed by atoms with Crippen molar-refractivity contribution < 1.29 is 14.3 Å². The van der Waals surface area contributed by atoms with Crippen molar-refractivity contribution in [3.63, 3.8) is 0 Å². The molecule has 0 bridgehead atoms. The molecular weight excluding hydrogens is 420 g/mol. The van der Waals surface area contributed by atoms with Crippen LogP contribution in [0.4, 0.5) is 0 Å². The second-order valence-corrected chi connectivity index (χ2v) is 7.66. The molecule has 0 aliphatic heterocycles. The zero-order valence-electron chi connectivity index (χ0n) is 16.5. The molecule has 0 aliphatic rings. The first-order valence-corrected chi connectivity index (χ1v) is 10.2. The van der Waals surface area contributed by atoms with Crippen LogP contribution in [-0.4, -0.2) is 35.4 Å². The van der Waals surface area contributed by atoms with E-state index in [0.29, 0.717) is 12.3 Å². The molecule has 150 valence electrons. The Labute approximate surface area is 175 Å². The molecule has 2 rings (SSSR count). The molecule has 2 aromatic rings. The number of rotatable bonds is 9. The van der Waals surface area contributed by atoms with E-state index in [1.807, 2.05) is 56.3 Å². The lowest BCUT2D eigenvalue weighted by Gasteiger charge is -2.29. The molecule has 0 saturated carbocycles. The fraction of sp³-hybridized carbons (Fsp3) is 0.364. The molecule has 0 spiro atoms. The zero-order chi connectivity index (χ0) is 20.5. The molecular formula is C22H27BrN2O3. The maximum absolute atomic E-state index is 12.9. The summed E-state index contributed by atoms with van der Waals surface area (Å²) >= 11 is 3.41. The van der Waals surface area contributed by atoms with Gasteiger partial charge in [0.2, 0.25) is 5.91 Å². The number of hydrogen-bond donors (Lipinski definition) is 1. The van der Waals surface area contributed by atoms with Gasteiger partial charge in [-0.25, -0.2) is 0 Å². The predicted molar refractivity (Wildman–Crippen MR) is 114 cm³/mol. The molecule has 2 amide bonds. The quantitative estimate of drug-likeness (QED) is 0.628. The van der Waals surface area contributed by atoms with Crippen LogP contribution in [0.5, 0.6) is 5.75 Å². The Bertz CT molecular complexity index is 765. The molecule has 5 nitrogen and oxygen atoms in total. The Hall–Kier alpha value is -2.34. The molecule has 0 aliphatic carbocycles. The van der Waals surface area contributed by atoms with Gasteiger partial charge in [-0.15, -0.1) is 0 Å². The second-order valence-electron chi connectivity index (χ2n) is 6.74. The first kappa shape index (κ1) is 22.0. The minimum absolute atomic E-state index is 0.0557. The summed E-state index contributed by atoms with van der Waals surface area (Å²) in [6.45, 7) is 5.91. The number of nitrogens with zero attached hydrogens (tertiary/aromatic N) is 1. The Morgan fingerprint density at radius 1 is 1.07 bits per heavy atom. The molecule has 0 heterocycles. The Kier molecular flexibility index (Phi) is 8.51. The number of halogens is 1. The van der Waals surface area contributed by atoms with Gasteiger partial charge in [-0.3, -0.25) is 9.59 Å². The van der Waals surface area contributed by atoms with Gasteiger partial charge in [-0.1, -0.05) is 53.2 Å². The summed E-state index contributed by atoms with van der Waals surface area (Å²) in [6.07, 6.45) is 0.830. The standard InChI is InChI=1S/C22H27BrN2O3/c1-4-16(2)24-22(27)17(3)25(14-18-10-12-19(23)13-11-18)21(26)15-28-20-8-6-5-7-9-20/h5-13,16-17H,4,14-15H2,1-3H3,(H,24,27)/t16-,17+/m1/s1. The van der Waals surface area contributed by atoms with Gasteiger partial charge in [0, 0.05) is 17.1 Å². The zero-order valence-corrected chi connectivity index (χ0v) is 18.1. The largest absolute Gasteiger partial charge is 0.484 e. The number of para-hydroxylation sites is 1. The van der Waals surface area contributed by atoms with Crippen LogP contribution in [-0.2, 0) is 16.1 Å². The van der Waals surface area contributed by atoms with E-state index in [2.05, 4.69) is 21.2 Å². The van der Waals surface area contributed by atoms with E-state index in [9.17, 15) is 9.59 Å². The molecule has 28 heavy (non-hydrogen) atoms. The Morgan fingerprint density at radius 2 is 1.71 bits per heavy atom. The number of amides is 2. The maximum atomic E-state index is 12.9. The Balaban J connectivity index is 2.12. The predicted octanol–water partition coefficient (Wildman–Crippen LogP) is 4.16. The third-order valence-electron chi connectivity index (χ3n) is 4.54. The summed E-state index contributed by atoms with van der Waals surface area (Å²) in [5, 5.41) is 2.95. The number of nitrogens with one attached hydrogen (secondary N) is 1.